The number of likely N-dealkylation sites (tertiary alicyclic amines) is 1. The number of amides is 3. The first-order chi connectivity index (χ1) is 16.9. The van der Waals surface area contributed by atoms with Crippen molar-refractivity contribution in [3.05, 3.63) is 64.7 Å². The number of hydrogen-bond acceptors (Lipinski definition) is 5. The Hall–Kier alpha value is -2.90. The molecule has 2 aliphatic heterocycles. The monoisotopic (exact) mass is 479 g/mol. The molecule has 7 heteroatoms. The minimum absolute atomic E-state index is 0.0497. The minimum Gasteiger partial charge on any atom is -0.497 e. The number of methoxy groups -OCH3 is 2. The van der Waals surface area contributed by atoms with Gasteiger partial charge in [0, 0.05) is 20.1 Å². The second-order valence-corrected chi connectivity index (χ2v) is 9.85. The van der Waals surface area contributed by atoms with Gasteiger partial charge in [0.2, 0.25) is 0 Å². The van der Waals surface area contributed by atoms with Crippen LogP contribution in [0.5, 0.6) is 5.75 Å². The van der Waals surface area contributed by atoms with E-state index in [0.717, 1.165) is 43.8 Å². The van der Waals surface area contributed by atoms with E-state index in [1.807, 2.05) is 24.3 Å². The largest absolute Gasteiger partial charge is 0.497 e. The summed E-state index contributed by atoms with van der Waals surface area (Å²) in [5, 5.41) is 3.13. The first-order valence-electron chi connectivity index (χ1n) is 12.4. The number of nitrogens with one attached hydrogen (secondary N) is 1. The molecule has 1 atom stereocenters. The number of hydrogen-bond donors (Lipinski definition) is 1. The smallest absolute Gasteiger partial charge is 0.325 e. The second kappa shape index (κ2) is 10.8. The van der Waals surface area contributed by atoms with Crippen LogP contribution in [0.3, 0.4) is 0 Å². The van der Waals surface area contributed by atoms with Gasteiger partial charge in [0.15, 0.2) is 0 Å². The van der Waals surface area contributed by atoms with E-state index in [9.17, 15) is 9.59 Å². The summed E-state index contributed by atoms with van der Waals surface area (Å²) in [6.45, 7) is 7.54. The number of nitrogens with zero attached hydrogens (tertiary/aromatic N) is 2. The molecule has 2 saturated heterocycles. The first-order valence-corrected chi connectivity index (χ1v) is 12.4. The fraction of sp³-hybridized carbons (Fsp3) is 0.500. The molecule has 1 unspecified atom stereocenters. The third kappa shape index (κ3) is 5.36. The third-order valence-corrected chi connectivity index (χ3v) is 7.60. The van der Waals surface area contributed by atoms with E-state index in [0.29, 0.717) is 13.0 Å². The number of carbonyl (C=O) groups is 2. The lowest BCUT2D eigenvalue weighted by Gasteiger charge is -2.41. The van der Waals surface area contributed by atoms with Crippen LogP contribution in [0.2, 0.25) is 0 Å². The molecule has 7 nitrogen and oxygen atoms in total. The molecule has 2 aliphatic rings. The molecule has 188 valence electrons. The Kier molecular flexibility index (Phi) is 7.77. The van der Waals surface area contributed by atoms with Crippen molar-refractivity contribution in [3.8, 4) is 5.75 Å². The maximum Gasteiger partial charge on any atom is 0.325 e. The molecule has 0 bridgehead atoms. The molecule has 2 aromatic carbocycles. The maximum atomic E-state index is 13.8. The summed E-state index contributed by atoms with van der Waals surface area (Å²) in [7, 11) is 3.21. The van der Waals surface area contributed by atoms with E-state index in [2.05, 4.69) is 42.3 Å². The fourth-order valence-electron chi connectivity index (χ4n) is 5.42. The Morgan fingerprint density at radius 3 is 2.46 bits per heavy atom. The Morgan fingerprint density at radius 2 is 1.77 bits per heavy atom. The first kappa shape index (κ1) is 25.2. The zero-order chi connectivity index (χ0) is 25.0. The van der Waals surface area contributed by atoms with Crippen LogP contribution in [0, 0.1) is 19.8 Å². The van der Waals surface area contributed by atoms with Crippen molar-refractivity contribution in [1.82, 2.24) is 15.1 Å². The highest BCUT2D eigenvalue weighted by molar-refractivity contribution is 6.07. The zero-order valence-corrected chi connectivity index (χ0v) is 21.3. The lowest BCUT2D eigenvalue weighted by atomic mass is 9.73. The normalized spacial score (nSPS) is 21.4. The Bertz CT molecular complexity index is 1060. The zero-order valence-electron chi connectivity index (χ0n) is 21.3. The minimum atomic E-state index is -0.955. The van der Waals surface area contributed by atoms with Gasteiger partial charge in [-0.3, -0.25) is 14.6 Å². The number of imide groups is 1. The molecule has 0 aliphatic carbocycles. The topological polar surface area (TPSA) is 71.1 Å². The lowest BCUT2D eigenvalue weighted by molar-refractivity contribution is -0.134. The Labute approximate surface area is 208 Å². The van der Waals surface area contributed by atoms with Gasteiger partial charge < -0.3 is 14.8 Å². The van der Waals surface area contributed by atoms with Crippen molar-refractivity contribution >= 4 is 11.9 Å². The quantitative estimate of drug-likeness (QED) is 0.556. The van der Waals surface area contributed by atoms with Crippen LogP contribution in [0.1, 0.15) is 35.1 Å². The van der Waals surface area contributed by atoms with Crippen molar-refractivity contribution in [3.63, 3.8) is 0 Å². The van der Waals surface area contributed by atoms with Gasteiger partial charge in [0.25, 0.3) is 5.91 Å². The highest BCUT2D eigenvalue weighted by atomic mass is 16.5. The molecule has 3 amide bonds. The third-order valence-electron chi connectivity index (χ3n) is 7.60. The number of aryl methyl sites for hydroxylation is 2. The van der Waals surface area contributed by atoms with Gasteiger partial charge in [0.05, 0.1) is 20.3 Å². The van der Waals surface area contributed by atoms with E-state index in [1.165, 1.54) is 21.6 Å². The summed E-state index contributed by atoms with van der Waals surface area (Å²) in [6.07, 6.45) is 2.14. The van der Waals surface area contributed by atoms with Gasteiger partial charge in [-0.15, -0.1) is 0 Å². The van der Waals surface area contributed by atoms with Gasteiger partial charge in [-0.25, -0.2) is 4.79 Å². The molecule has 0 radical (unpaired) electrons. The van der Waals surface area contributed by atoms with Crippen molar-refractivity contribution in [2.24, 2.45) is 5.92 Å². The summed E-state index contributed by atoms with van der Waals surface area (Å²) in [5.74, 6) is 0.651. The molecule has 2 aromatic rings. The SMILES string of the molecule is COCCN1C(=O)NC(Cc2cccc(OC)c2)(C2CCN(Cc3ccc(C)c(C)c3)CC2)C1=O. The molecule has 2 heterocycles. The maximum absolute atomic E-state index is 13.8. The molecule has 1 N–H and O–H groups in total. The van der Waals surface area contributed by atoms with Crippen LogP contribution in [0.4, 0.5) is 4.79 Å². The van der Waals surface area contributed by atoms with Gasteiger partial charge in [-0.1, -0.05) is 30.3 Å². The summed E-state index contributed by atoms with van der Waals surface area (Å²) in [5.41, 5.74) is 3.95. The molecule has 2 fully saturated rings. The second-order valence-electron chi connectivity index (χ2n) is 9.85. The average molecular weight is 480 g/mol. The van der Waals surface area contributed by atoms with Crippen LogP contribution < -0.4 is 10.1 Å². The predicted molar refractivity (Wildman–Crippen MR) is 135 cm³/mol. The van der Waals surface area contributed by atoms with Crippen LogP contribution in [-0.2, 0) is 22.5 Å². The molecule has 35 heavy (non-hydrogen) atoms. The summed E-state index contributed by atoms with van der Waals surface area (Å²) >= 11 is 0. The van der Waals surface area contributed by atoms with E-state index in [-0.39, 0.29) is 24.4 Å². The molecule has 0 saturated carbocycles. The number of rotatable bonds is 9. The summed E-state index contributed by atoms with van der Waals surface area (Å²) in [6, 6.07) is 14.1. The Balaban J connectivity index is 1.53. The number of carbonyl (C=O) groups excluding carboxylic acids is 2. The van der Waals surface area contributed by atoms with E-state index in [1.54, 1.807) is 14.2 Å². The van der Waals surface area contributed by atoms with Crippen LogP contribution in [0.25, 0.3) is 0 Å². The van der Waals surface area contributed by atoms with Crippen LogP contribution in [0.15, 0.2) is 42.5 Å². The molecular weight excluding hydrogens is 442 g/mol. The van der Waals surface area contributed by atoms with Gasteiger partial charge in [-0.05, 0) is 80.1 Å². The van der Waals surface area contributed by atoms with Crippen molar-refractivity contribution < 1.29 is 19.1 Å². The van der Waals surface area contributed by atoms with Crippen LogP contribution >= 0.6 is 0 Å². The van der Waals surface area contributed by atoms with Crippen molar-refractivity contribution in [2.75, 3.05) is 40.5 Å². The average Bonchev–Trinajstić information content (AvgIpc) is 3.10. The lowest BCUT2D eigenvalue weighted by Crippen LogP contribution is -2.57. The van der Waals surface area contributed by atoms with E-state index >= 15 is 0 Å². The standard InChI is InChI=1S/C28H37N3O4/c1-20-8-9-23(16-21(20)2)19-30-12-10-24(11-13-30)28(18-22-6-5-7-25(17-22)35-4)26(32)31(14-15-34-3)27(33)29-28/h5-9,16-17,24H,10-15,18-19H2,1-4H3,(H,29,33). The molecular formula is C28H37N3O4. The van der Waals surface area contributed by atoms with Crippen molar-refractivity contribution in [2.45, 2.75) is 45.2 Å². The summed E-state index contributed by atoms with van der Waals surface area (Å²) < 4.78 is 10.6. The molecule has 4 rings (SSSR count). The van der Waals surface area contributed by atoms with Gasteiger partial charge in [-0.2, -0.15) is 0 Å². The summed E-state index contributed by atoms with van der Waals surface area (Å²) in [4.78, 5) is 30.5. The molecule has 0 spiro atoms. The van der Waals surface area contributed by atoms with Crippen molar-refractivity contribution in [1.29, 1.82) is 0 Å². The number of ether oxygens (including phenoxy) is 2. The van der Waals surface area contributed by atoms with Gasteiger partial charge in [0.1, 0.15) is 11.3 Å². The highest BCUT2D eigenvalue weighted by Gasteiger charge is 2.55. The number of urea groups is 1. The number of benzene rings is 2. The number of piperidine rings is 1. The van der Waals surface area contributed by atoms with E-state index < -0.39 is 5.54 Å². The Morgan fingerprint density at radius 1 is 1.00 bits per heavy atom. The fourth-order valence-corrected chi connectivity index (χ4v) is 5.42. The highest BCUT2D eigenvalue weighted by Crippen LogP contribution is 2.37. The van der Waals surface area contributed by atoms with E-state index in [4.69, 9.17) is 9.47 Å². The predicted octanol–water partition coefficient (Wildman–Crippen LogP) is 3.70. The van der Waals surface area contributed by atoms with Gasteiger partial charge >= 0.3 is 6.03 Å². The van der Waals surface area contributed by atoms with Crippen LogP contribution in [-0.4, -0.2) is 67.7 Å². The molecule has 0 aromatic heterocycles.